The molecule has 0 fully saturated rings. The Morgan fingerprint density at radius 2 is 2.25 bits per heavy atom. The molecule has 0 atom stereocenters. The Morgan fingerprint density at radius 1 is 2.00 bits per heavy atom. The Kier molecular flexibility index (Phi) is 3.66. The van der Waals surface area contributed by atoms with Crippen molar-refractivity contribution in [3.63, 3.8) is 0 Å². The van der Waals surface area contributed by atoms with Crippen molar-refractivity contribution in [1.29, 1.82) is 0 Å². The van der Waals surface area contributed by atoms with Crippen LogP contribution < -0.4 is 0 Å². The summed E-state index contributed by atoms with van der Waals surface area (Å²) in [5.41, 5.74) is 0. The van der Waals surface area contributed by atoms with E-state index in [0.29, 0.717) is 0 Å². The van der Waals surface area contributed by atoms with E-state index in [9.17, 15) is 0 Å². The average Bonchev–Trinajstić information content (AvgIpc) is 1.37. The van der Waals surface area contributed by atoms with Crippen molar-refractivity contribution in [2.45, 2.75) is 4.94 Å². The molecular formula is C3H4Sn. The van der Waals surface area contributed by atoms with Gasteiger partial charge < -0.3 is 0 Å². The summed E-state index contributed by atoms with van der Waals surface area (Å²) >= 11 is -0.248. The van der Waals surface area contributed by atoms with Crippen molar-refractivity contribution in [2.24, 2.45) is 0 Å². The van der Waals surface area contributed by atoms with Gasteiger partial charge in [-0.15, -0.1) is 0 Å². The van der Waals surface area contributed by atoms with Gasteiger partial charge in [-0.2, -0.15) is 0 Å². The van der Waals surface area contributed by atoms with Crippen LogP contribution in [0.1, 0.15) is 0 Å². The van der Waals surface area contributed by atoms with Crippen molar-refractivity contribution in [3.8, 4) is 10.4 Å². The van der Waals surface area contributed by atoms with Gasteiger partial charge in [-0.25, -0.2) is 0 Å². The van der Waals surface area contributed by atoms with Gasteiger partial charge in [0.1, 0.15) is 0 Å². The van der Waals surface area contributed by atoms with Crippen LogP contribution in [0.4, 0.5) is 0 Å². The van der Waals surface area contributed by atoms with Crippen molar-refractivity contribution < 1.29 is 0 Å². The Balaban J connectivity index is 2.43. The molecule has 0 aliphatic carbocycles. The molecule has 0 aliphatic rings. The van der Waals surface area contributed by atoms with Crippen LogP contribution in [-0.4, -0.2) is 21.1 Å². The quantitative estimate of drug-likeness (QED) is 0.352. The molecule has 0 amide bonds. The van der Waals surface area contributed by atoms with E-state index in [2.05, 4.69) is 8.88 Å². The van der Waals surface area contributed by atoms with Crippen LogP contribution in [0.25, 0.3) is 0 Å². The summed E-state index contributed by atoms with van der Waals surface area (Å²) in [6, 6.07) is 0. The second-order valence-corrected chi connectivity index (χ2v) is 2.65. The van der Waals surface area contributed by atoms with E-state index >= 15 is 0 Å². The van der Waals surface area contributed by atoms with Gasteiger partial charge in [0.2, 0.25) is 0 Å². The predicted octanol–water partition coefficient (Wildman–Crippen LogP) is 0.329. The Hall–Kier alpha value is 0.359. The molecule has 1 heteroatoms. The summed E-state index contributed by atoms with van der Waals surface area (Å²) in [7, 11) is 0. The number of rotatable bonds is 0. The molecule has 0 rings (SSSR count). The molecule has 0 aromatic heterocycles. The van der Waals surface area contributed by atoms with E-state index < -0.39 is 0 Å². The summed E-state index contributed by atoms with van der Waals surface area (Å²) in [4.78, 5) is 2.11. The summed E-state index contributed by atoms with van der Waals surface area (Å²) in [6.45, 7) is 0. The van der Waals surface area contributed by atoms with E-state index in [1.165, 1.54) is 0 Å². The average molecular weight is 159 g/mol. The van der Waals surface area contributed by atoms with E-state index in [1.54, 1.807) is 0 Å². The van der Waals surface area contributed by atoms with Crippen molar-refractivity contribution in [3.05, 3.63) is 0 Å². The zero-order chi connectivity index (χ0) is 3.41. The molecule has 0 aromatic carbocycles. The topological polar surface area (TPSA) is 0 Å². The fourth-order valence-electron chi connectivity index (χ4n) is 0. The Bertz CT molecular complexity index is 33.0. The van der Waals surface area contributed by atoms with Gasteiger partial charge in [0.25, 0.3) is 0 Å². The van der Waals surface area contributed by atoms with Crippen LogP contribution in [-0.2, 0) is 0 Å². The van der Waals surface area contributed by atoms with Crippen LogP contribution in [0, 0.1) is 10.4 Å². The summed E-state index contributed by atoms with van der Waals surface area (Å²) in [5, 5.41) is 0. The molecule has 20 valence electrons. The second-order valence-electron chi connectivity index (χ2n) is 0.394. The van der Waals surface area contributed by atoms with Gasteiger partial charge >= 0.3 is 36.4 Å². The molecule has 0 N–H and O–H groups in total. The Morgan fingerprint density at radius 3 is 2.25 bits per heavy atom. The maximum absolute atomic E-state index is 4.85. The normalized spacial score (nSPS) is 5.00. The van der Waals surface area contributed by atoms with E-state index in [1.807, 2.05) is 0 Å². The zero-order valence-electron chi connectivity index (χ0n) is 2.58. The first-order valence-electron chi connectivity index (χ1n) is 1.04. The predicted molar refractivity (Wildman–Crippen MR) is 20.5 cm³/mol. The SMILES string of the molecule is C#[C][Sn][CH3]. The minimum absolute atomic E-state index is 0.248. The molecule has 0 bridgehead atoms. The van der Waals surface area contributed by atoms with Crippen molar-refractivity contribution >= 4 is 21.1 Å². The maximum atomic E-state index is 4.85. The van der Waals surface area contributed by atoms with E-state index in [-0.39, 0.29) is 21.1 Å². The van der Waals surface area contributed by atoms with Gasteiger partial charge in [0, 0.05) is 0 Å². The molecule has 4 heavy (non-hydrogen) atoms. The molecule has 2 radical (unpaired) electrons. The molecule has 0 spiro atoms. The summed E-state index contributed by atoms with van der Waals surface area (Å²) < 4.78 is 2.60. The summed E-state index contributed by atoms with van der Waals surface area (Å²) in [5.74, 6) is 0. The van der Waals surface area contributed by atoms with Crippen LogP contribution in [0.2, 0.25) is 4.94 Å². The standard InChI is InChI=1S/C2H.CH3.Sn/c1-2;;/h1H;1H3;. The number of hydrogen-bond acceptors (Lipinski definition) is 0. The summed E-state index contributed by atoms with van der Waals surface area (Å²) in [6.07, 6.45) is 4.85. The number of hydrogen-bond donors (Lipinski definition) is 0. The van der Waals surface area contributed by atoms with Crippen LogP contribution in [0.5, 0.6) is 0 Å². The molecular weight excluding hydrogens is 155 g/mol. The monoisotopic (exact) mass is 160 g/mol. The first kappa shape index (κ1) is 4.36. The van der Waals surface area contributed by atoms with Crippen LogP contribution >= 0.6 is 0 Å². The molecule has 0 aliphatic heterocycles. The second kappa shape index (κ2) is 3.36. The fourth-order valence-corrected chi connectivity index (χ4v) is 0. The van der Waals surface area contributed by atoms with Gasteiger partial charge in [-0.05, 0) is 0 Å². The van der Waals surface area contributed by atoms with E-state index in [0.717, 1.165) is 0 Å². The van der Waals surface area contributed by atoms with Gasteiger partial charge in [-0.3, -0.25) is 0 Å². The van der Waals surface area contributed by atoms with Crippen LogP contribution in [0.15, 0.2) is 0 Å². The van der Waals surface area contributed by atoms with Gasteiger partial charge in [0.05, 0.1) is 0 Å². The first-order valence-corrected chi connectivity index (χ1v) is 5.32. The van der Waals surface area contributed by atoms with Crippen molar-refractivity contribution in [2.75, 3.05) is 0 Å². The number of terminal acetylenes is 1. The molecule has 0 unspecified atom stereocenters. The Labute approximate surface area is 36.8 Å². The van der Waals surface area contributed by atoms with Crippen molar-refractivity contribution in [1.82, 2.24) is 0 Å². The third-order valence-corrected chi connectivity index (χ3v) is 0.968. The molecule has 0 saturated heterocycles. The third-order valence-electron chi connectivity index (χ3n) is 0.144. The zero-order valence-corrected chi connectivity index (χ0v) is 5.43. The van der Waals surface area contributed by atoms with Gasteiger partial charge in [-0.1, -0.05) is 0 Å². The molecule has 0 aromatic rings. The minimum atomic E-state index is -0.248. The van der Waals surface area contributed by atoms with E-state index in [4.69, 9.17) is 6.42 Å². The third kappa shape index (κ3) is 2.36. The fraction of sp³-hybridized carbons (Fsp3) is 0.333. The van der Waals surface area contributed by atoms with Crippen LogP contribution in [0.3, 0.4) is 0 Å². The molecule has 0 nitrogen and oxygen atoms in total. The van der Waals surface area contributed by atoms with Gasteiger partial charge in [0.15, 0.2) is 0 Å². The molecule has 0 saturated carbocycles. The molecule has 0 heterocycles. The first-order chi connectivity index (χ1) is 1.91.